The van der Waals surface area contributed by atoms with Crippen molar-refractivity contribution in [1.82, 2.24) is 14.9 Å². The minimum atomic E-state index is -3.81. The summed E-state index contributed by atoms with van der Waals surface area (Å²) in [5.74, 6) is -3.27. The molecule has 5 atom stereocenters. The highest BCUT2D eigenvalue weighted by atomic mass is 32.2. The highest BCUT2D eigenvalue weighted by Crippen LogP contribution is 2.46. The highest BCUT2D eigenvalue weighted by molar-refractivity contribution is 7.91. The molecule has 4 aliphatic carbocycles. The van der Waals surface area contributed by atoms with Gasteiger partial charge in [0.2, 0.25) is 21.8 Å². The first-order valence-corrected chi connectivity index (χ1v) is 18.6. The fourth-order valence-corrected chi connectivity index (χ4v) is 8.82. The fraction of sp³-hybridized carbons (Fsp3) is 0.459. The summed E-state index contributed by atoms with van der Waals surface area (Å²) >= 11 is 0. The predicted molar refractivity (Wildman–Crippen MR) is 183 cm³/mol. The molecule has 48 heavy (non-hydrogen) atoms. The topological polar surface area (TPSA) is 134 Å². The molecule has 0 saturated heterocycles. The molecular formula is C37H42N4O6S. The number of sulfonamides is 1. The molecule has 10 nitrogen and oxygen atoms in total. The second-order valence-electron chi connectivity index (χ2n) is 13.9. The molecule has 0 radical (unpaired) electrons. The molecule has 0 aromatic heterocycles. The van der Waals surface area contributed by atoms with Crippen molar-refractivity contribution in [2.24, 2.45) is 22.9 Å². The SMILES string of the molecule is C=C[C@H]1C[C@]1(NC(=O)[C@@H]1C[C@@H]2C[C@H]1C(=O)N(C)CCCCC/C=C/c1ccc3c(c1)/C(=N/O2)c1ccccc1-3)C(=O)NS(=O)(=O)C1CC1. The largest absolute Gasteiger partial charge is 0.392 e. The number of fused-ring (bicyclic) bond motifs is 6. The molecule has 2 aromatic rings. The van der Waals surface area contributed by atoms with E-state index in [9.17, 15) is 22.8 Å². The second-order valence-corrected chi connectivity index (χ2v) is 15.9. The van der Waals surface area contributed by atoms with Crippen LogP contribution < -0.4 is 10.0 Å². The predicted octanol–water partition coefficient (Wildman–Crippen LogP) is 4.55. The van der Waals surface area contributed by atoms with E-state index in [0.717, 1.165) is 53.5 Å². The van der Waals surface area contributed by atoms with Crippen LogP contribution in [-0.4, -0.2) is 67.2 Å². The number of carbonyl (C=O) groups excluding carboxylic acids is 3. The lowest BCUT2D eigenvalue weighted by atomic mass is 9.93. The number of hydrogen-bond acceptors (Lipinski definition) is 7. The van der Waals surface area contributed by atoms with E-state index in [4.69, 9.17) is 4.84 Å². The summed E-state index contributed by atoms with van der Waals surface area (Å²) in [6, 6.07) is 14.4. The van der Waals surface area contributed by atoms with Crippen molar-refractivity contribution in [1.29, 1.82) is 0 Å². The lowest BCUT2D eigenvalue weighted by Gasteiger charge is -2.26. The van der Waals surface area contributed by atoms with E-state index in [1.807, 2.05) is 18.2 Å². The number of nitrogens with zero attached hydrogens (tertiary/aromatic N) is 2. The van der Waals surface area contributed by atoms with Crippen molar-refractivity contribution in [3.05, 3.63) is 77.9 Å². The van der Waals surface area contributed by atoms with Gasteiger partial charge >= 0.3 is 0 Å². The van der Waals surface area contributed by atoms with Gasteiger partial charge < -0.3 is 15.1 Å². The molecule has 2 aromatic carbocycles. The Morgan fingerprint density at radius 2 is 1.81 bits per heavy atom. The quantitative estimate of drug-likeness (QED) is 0.370. The van der Waals surface area contributed by atoms with Gasteiger partial charge in [0, 0.05) is 30.6 Å². The zero-order valence-electron chi connectivity index (χ0n) is 27.2. The number of oxime groups is 1. The van der Waals surface area contributed by atoms with Crippen molar-refractivity contribution < 1.29 is 27.6 Å². The Balaban J connectivity index is 1.17. The van der Waals surface area contributed by atoms with Gasteiger partial charge in [-0.05, 0) is 74.1 Å². The molecule has 4 bridgehead atoms. The Labute approximate surface area is 281 Å². The second kappa shape index (κ2) is 12.7. The third-order valence-corrected chi connectivity index (χ3v) is 12.4. The van der Waals surface area contributed by atoms with Crippen molar-refractivity contribution in [2.75, 3.05) is 13.6 Å². The highest BCUT2D eigenvalue weighted by Gasteiger charge is 2.62. The number of allylic oxidation sites excluding steroid dienone is 1. The maximum atomic E-state index is 14.0. The molecule has 5 aliphatic rings. The summed E-state index contributed by atoms with van der Waals surface area (Å²) < 4.78 is 27.4. The molecule has 11 heteroatoms. The summed E-state index contributed by atoms with van der Waals surface area (Å²) in [5, 5.41) is 6.98. The van der Waals surface area contributed by atoms with E-state index < -0.39 is 56.5 Å². The van der Waals surface area contributed by atoms with Gasteiger partial charge in [-0.3, -0.25) is 19.1 Å². The molecule has 3 amide bonds. The summed E-state index contributed by atoms with van der Waals surface area (Å²) in [7, 11) is -2.05. The first-order chi connectivity index (χ1) is 23.1. The zero-order valence-corrected chi connectivity index (χ0v) is 28.0. The lowest BCUT2D eigenvalue weighted by Crippen LogP contribution is -2.54. The van der Waals surface area contributed by atoms with E-state index in [2.05, 4.69) is 58.2 Å². The first kappa shape index (κ1) is 32.3. The number of benzene rings is 2. The smallest absolute Gasteiger partial charge is 0.259 e. The summed E-state index contributed by atoms with van der Waals surface area (Å²) in [6.45, 7) is 4.35. The first-order valence-electron chi connectivity index (χ1n) is 17.0. The van der Waals surface area contributed by atoms with Gasteiger partial charge in [-0.15, -0.1) is 6.58 Å². The minimum Gasteiger partial charge on any atom is -0.392 e. The van der Waals surface area contributed by atoms with E-state index in [1.165, 1.54) is 0 Å². The summed E-state index contributed by atoms with van der Waals surface area (Å²) in [6.07, 6.45) is 10.8. The van der Waals surface area contributed by atoms with Crippen LogP contribution in [0.1, 0.15) is 74.5 Å². The molecule has 1 heterocycles. The van der Waals surface area contributed by atoms with Crippen LogP contribution >= 0.6 is 0 Å². The summed E-state index contributed by atoms with van der Waals surface area (Å²) in [4.78, 5) is 49.2. The van der Waals surface area contributed by atoms with E-state index >= 15 is 0 Å². The van der Waals surface area contributed by atoms with E-state index in [0.29, 0.717) is 25.1 Å². The van der Waals surface area contributed by atoms with Gasteiger partial charge in [-0.25, -0.2) is 8.42 Å². The number of nitrogens with one attached hydrogen (secondary N) is 2. The molecule has 0 spiro atoms. The molecule has 3 saturated carbocycles. The number of amides is 3. The van der Waals surface area contributed by atoms with Crippen LogP contribution in [0.25, 0.3) is 17.2 Å². The third-order valence-electron chi connectivity index (χ3n) is 10.5. The monoisotopic (exact) mass is 670 g/mol. The van der Waals surface area contributed by atoms with Crippen molar-refractivity contribution >= 4 is 39.5 Å². The minimum absolute atomic E-state index is 0.151. The van der Waals surface area contributed by atoms with Crippen LogP contribution in [-0.2, 0) is 29.2 Å². The molecular weight excluding hydrogens is 628 g/mol. The van der Waals surface area contributed by atoms with Gasteiger partial charge in [0.25, 0.3) is 5.91 Å². The van der Waals surface area contributed by atoms with Crippen LogP contribution in [0.4, 0.5) is 0 Å². The average molecular weight is 671 g/mol. The molecule has 1 aliphatic heterocycles. The standard InChI is InChI=1S/C37H42N4O6S/c1-3-24-22-37(24,36(44)40-48(45,46)26-15-16-26)38-34(42)31-20-25-21-32(31)35(43)41(2)18-10-6-4-5-7-11-23-14-17-28-27-12-8-9-13-29(27)33(39-47-25)30(28)19-23/h3,7-9,11-14,17,19,24-26,31-32H,1,4-6,10,15-16,18,20-22H2,2H3,(H,38,42)(H,40,44)/b11-7+,39-33+/t24-,25+,31+,32+,37+/m0/s1. The Hall–Kier alpha value is -4.25. The molecule has 2 N–H and O–H groups in total. The summed E-state index contributed by atoms with van der Waals surface area (Å²) in [5.41, 5.74) is 4.45. The van der Waals surface area contributed by atoms with Crippen molar-refractivity contribution in [3.8, 4) is 11.1 Å². The van der Waals surface area contributed by atoms with Crippen LogP contribution in [0, 0.1) is 17.8 Å². The zero-order chi connectivity index (χ0) is 33.6. The molecule has 7 rings (SSSR count). The number of rotatable bonds is 6. The normalized spacial score (nSPS) is 30.1. The maximum absolute atomic E-state index is 14.0. The van der Waals surface area contributed by atoms with Gasteiger partial charge in [-0.1, -0.05) is 66.2 Å². The van der Waals surface area contributed by atoms with Crippen LogP contribution in [0.5, 0.6) is 0 Å². The fourth-order valence-electron chi connectivity index (χ4n) is 7.46. The molecule has 3 fully saturated rings. The van der Waals surface area contributed by atoms with E-state index in [1.54, 1.807) is 18.0 Å². The average Bonchev–Trinajstić information content (AvgIpc) is 3.99. The Kier molecular flexibility index (Phi) is 8.51. The van der Waals surface area contributed by atoms with Gasteiger partial charge in [-0.2, -0.15) is 0 Å². The van der Waals surface area contributed by atoms with Gasteiger partial charge in [0.15, 0.2) is 0 Å². The lowest BCUT2D eigenvalue weighted by molar-refractivity contribution is -0.140. The third kappa shape index (κ3) is 6.08. The Morgan fingerprint density at radius 3 is 2.56 bits per heavy atom. The van der Waals surface area contributed by atoms with Crippen LogP contribution in [0.2, 0.25) is 0 Å². The molecule has 252 valence electrons. The van der Waals surface area contributed by atoms with Crippen LogP contribution in [0.3, 0.4) is 0 Å². The van der Waals surface area contributed by atoms with Crippen LogP contribution in [0.15, 0.2) is 66.4 Å². The number of hydrogen-bond donors (Lipinski definition) is 2. The van der Waals surface area contributed by atoms with E-state index in [-0.39, 0.29) is 25.2 Å². The van der Waals surface area contributed by atoms with Gasteiger partial charge in [0.1, 0.15) is 17.4 Å². The van der Waals surface area contributed by atoms with Crippen molar-refractivity contribution in [3.63, 3.8) is 0 Å². The number of carbonyl (C=O) groups is 3. The molecule has 0 unspecified atom stereocenters. The van der Waals surface area contributed by atoms with Gasteiger partial charge in [0.05, 0.1) is 17.1 Å². The maximum Gasteiger partial charge on any atom is 0.259 e. The Morgan fingerprint density at radius 1 is 1.04 bits per heavy atom. The Bertz CT molecular complexity index is 1830. The van der Waals surface area contributed by atoms with Crippen molar-refractivity contribution in [2.45, 2.75) is 74.7 Å².